The molecule has 3 aromatic carbocycles. The normalized spacial score (nSPS) is 17.9. The van der Waals surface area contributed by atoms with Crippen molar-refractivity contribution < 1.29 is 19.1 Å². The Morgan fingerprint density at radius 1 is 0.944 bits per heavy atom. The maximum atomic E-state index is 13.8. The van der Waals surface area contributed by atoms with Crippen molar-refractivity contribution in [2.24, 2.45) is 0 Å². The molecule has 1 amide bonds. The van der Waals surface area contributed by atoms with Gasteiger partial charge in [0.15, 0.2) is 0 Å². The molecule has 0 radical (unpaired) electrons. The van der Waals surface area contributed by atoms with E-state index in [2.05, 4.69) is 28.4 Å². The molecular weight excluding hydrogens is 452 g/mol. The number of benzene rings is 3. The molecular formula is C30H30N2O4. The molecule has 1 N–H and O–H groups in total. The van der Waals surface area contributed by atoms with E-state index < -0.39 is 0 Å². The van der Waals surface area contributed by atoms with Crippen molar-refractivity contribution in [3.05, 3.63) is 94.5 Å². The lowest BCUT2D eigenvalue weighted by atomic mass is 9.96. The molecule has 2 saturated carbocycles. The molecule has 2 fully saturated rings. The molecule has 0 aromatic heterocycles. The molecule has 3 aliphatic rings. The molecule has 3 aromatic rings. The number of hydrogen-bond donors (Lipinski definition) is 1. The van der Waals surface area contributed by atoms with Crippen molar-refractivity contribution in [3.8, 4) is 5.75 Å². The number of methoxy groups -OCH3 is 2. The average molecular weight is 483 g/mol. The molecule has 0 unspecified atom stereocenters. The smallest absolute Gasteiger partial charge is 0.337 e. The van der Waals surface area contributed by atoms with E-state index in [1.165, 1.54) is 12.7 Å². The molecule has 0 bridgehead atoms. The Balaban J connectivity index is 1.28. The average Bonchev–Trinajstić information content (AvgIpc) is 3.84. The zero-order valence-electron chi connectivity index (χ0n) is 20.7. The first kappa shape index (κ1) is 22.7. The van der Waals surface area contributed by atoms with Crippen LogP contribution >= 0.6 is 0 Å². The fraction of sp³-hybridized carbons (Fsp3) is 0.333. The maximum absolute atomic E-state index is 13.8. The Kier molecular flexibility index (Phi) is 5.29. The molecule has 6 nitrogen and oxygen atoms in total. The van der Waals surface area contributed by atoms with Crippen LogP contribution in [0.15, 0.2) is 66.7 Å². The van der Waals surface area contributed by atoms with Gasteiger partial charge in [-0.05, 0) is 72.7 Å². The number of para-hydroxylation sites is 1. The van der Waals surface area contributed by atoms with Crippen LogP contribution in [0.25, 0.3) is 0 Å². The van der Waals surface area contributed by atoms with Gasteiger partial charge in [-0.3, -0.25) is 4.79 Å². The minimum absolute atomic E-state index is 0.0465. The number of esters is 1. The number of rotatable bonds is 7. The highest BCUT2D eigenvalue weighted by Crippen LogP contribution is 2.57. The lowest BCUT2D eigenvalue weighted by Gasteiger charge is -2.24. The molecule has 0 atom stereocenters. The quantitative estimate of drug-likeness (QED) is 0.483. The van der Waals surface area contributed by atoms with Crippen LogP contribution in [0, 0.1) is 0 Å². The SMILES string of the molecule is COC(=O)c1ccc(C2(NC(=O)c3cccc4c3N(Cc3cccc(OC)c3)CC43CC3)CC2)cc1. The maximum Gasteiger partial charge on any atom is 0.337 e. The Morgan fingerprint density at radius 3 is 2.36 bits per heavy atom. The van der Waals surface area contributed by atoms with E-state index in [-0.39, 0.29) is 22.8 Å². The minimum atomic E-state index is -0.387. The van der Waals surface area contributed by atoms with Crippen LogP contribution in [0.3, 0.4) is 0 Å². The van der Waals surface area contributed by atoms with Crippen molar-refractivity contribution in [2.45, 2.75) is 43.2 Å². The van der Waals surface area contributed by atoms with Gasteiger partial charge < -0.3 is 19.7 Å². The van der Waals surface area contributed by atoms with Crippen molar-refractivity contribution in [3.63, 3.8) is 0 Å². The molecule has 6 rings (SSSR count). The van der Waals surface area contributed by atoms with Crippen LogP contribution in [-0.4, -0.2) is 32.6 Å². The van der Waals surface area contributed by atoms with Gasteiger partial charge in [0, 0.05) is 18.5 Å². The van der Waals surface area contributed by atoms with Crippen LogP contribution in [0.1, 0.15) is 63.1 Å². The zero-order valence-corrected chi connectivity index (χ0v) is 20.7. The van der Waals surface area contributed by atoms with Gasteiger partial charge in [-0.15, -0.1) is 0 Å². The van der Waals surface area contributed by atoms with Crippen LogP contribution in [0.2, 0.25) is 0 Å². The summed E-state index contributed by atoms with van der Waals surface area (Å²) in [6, 6.07) is 21.7. The van der Waals surface area contributed by atoms with E-state index in [4.69, 9.17) is 9.47 Å². The summed E-state index contributed by atoms with van der Waals surface area (Å²) in [7, 11) is 3.06. The molecule has 2 aliphatic carbocycles. The predicted molar refractivity (Wildman–Crippen MR) is 138 cm³/mol. The first-order valence-corrected chi connectivity index (χ1v) is 12.5. The van der Waals surface area contributed by atoms with Crippen LogP contribution in [0.5, 0.6) is 5.75 Å². The number of carbonyl (C=O) groups excluding carboxylic acids is 2. The van der Waals surface area contributed by atoms with E-state index in [1.807, 2.05) is 36.4 Å². The fourth-order valence-corrected chi connectivity index (χ4v) is 5.67. The summed E-state index contributed by atoms with van der Waals surface area (Å²) >= 11 is 0. The van der Waals surface area contributed by atoms with Crippen molar-refractivity contribution in [2.75, 3.05) is 25.7 Å². The monoisotopic (exact) mass is 482 g/mol. The van der Waals surface area contributed by atoms with Gasteiger partial charge >= 0.3 is 5.97 Å². The number of nitrogens with zero attached hydrogens (tertiary/aromatic N) is 1. The molecule has 1 spiro atoms. The highest BCUT2D eigenvalue weighted by molar-refractivity contribution is 6.02. The Hall–Kier alpha value is -3.80. The second kappa shape index (κ2) is 8.40. The third-order valence-corrected chi connectivity index (χ3v) is 7.98. The van der Waals surface area contributed by atoms with E-state index in [1.54, 1.807) is 19.2 Å². The summed E-state index contributed by atoms with van der Waals surface area (Å²) in [5.41, 5.74) is 5.56. The number of carbonyl (C=O) groups is 2. The number of hydrogen-bond acceptors (Lipinski definition) is 5. The molecule has 0 saturated heterocycles. The van der Waals surface area contributed by atoms with Gasteiger partial charge in [0.1, 0.15) is 5.75 Å². The molecule has 1 aliphatic heterocycles. The number of amides is 1. The fourth-order valence-electron chi connectivity index (χ4n) is 5.67. The van der Waals surface area contributed by atoms with Gasteiger partial charge in [-0.25, -0.2) is 4.79 Å². The first-order chi connectivity index (χ1) is 17.5. The Labute approximate surface area is 211 Å². The van der Waals surface area contributed by atoms with E-state index in [0.717, 1.165) is 66.9 Å². The Morgan fingerprint density at radius 2 is 1.69 bits per heavy atom. The summed E-state index contributed by atoms with van der Waals surface area (Å²) in [6.45, 7) is 1.67. The van der Waals surface area contributed by atoms with Gasteiger partial charge in [0.25, 0.3) is 5.91 Å². The lowest BCUT2D eigenvalue weighted by molar-refractivity contribution is 0.0600. The van der Waals surface area contributed by atoms with Crippen molar-refractivity contribution in [1.29, 1.82) is 0 Å². The van der Waals surface area contributed by atoms with Crippen LogP contribution < -0.4 is 15.0 Å². The van der Waals surface area contributed by atoms with Gasteiger partial charge in [0.2, 0.25) is 0 Å². The summed E-state index contributed by atoms with van der Waals surface area (Å²) in [4.78, 5) is 27.9. The summed E-state index contributed by atoms with van der Waals surface area (Å²) in [6.07, 6.45) is 4.08. The highest BCUT2D eigenvalue weighted by Gasteiger charge is 2.53. The zero-order chi connectivity index (χ0) is 24.9. The highest BCUT2D eigenvalue weighted by atomic mass is 16.5. The number of nitrogens with one attached hydrogen (secondary N) is 1. The van der Waals surface area contributed by atoms with E-state index in [9.17, 15) is 9.59 Å². The van der Waals surface area contributed by atoms with Gasteiger partial charge in [-0.1, -0.05) is 36.4 Å². The van der Waals surface area contributed by atoms with E-state index >= 15 is 0 Å². The van der Waals surface area contributed by atoms with Crippen LogP contribution in [-0.2, 0) is 22.2 Å². The van der Waals surface area contributed by atoms with Gasteiger partial charge in [0.05, 0.1) is 36.6 Å². The van der Waals surface area contributed by atoms with Crippen LogP contribution in [0.4, 0.5) is 5.69 Å². The van der Waals surface area contributed by atoms with Crippen molar-refractivity contribution in [1.82, 2.24) is 5.32 Å². The first-order valence-electron chi connectivity index (χ1n) is 12.5. The van der Waals surface area contributed by atoms with Crippen molar-refractivity contribution >= 4 is 17.6 Å². The largest absolute Gasteiger partial charge is 0.497 e. The lowest BCUT2D eigenvalue weighted by Crippen LogP contribution is -2.36. The molecule has 6 heteroatoms. The number of fused-ring (bicyclic) bond motifs is 2. The summed E-state index contributed by atoms with van der Waals surface area (Å²) < 4.78 is 10.2. The second-order valence-corrected chi connectivity index (χ2v) is 10.3. The molecule has 184 valence electrons. The van der Waals surface area contributed by atoms with E-state index in [0.29, 0.717) is 5.56 Å². The topological polar surface area (TPSA) is 67.9 Å². The number of anilines is 1. The molecule has 1 heterocycles. The second-order valence-electron chi connectivity index (χ2n) is 10.3. The third kappa shape index (κ3) is 3.81. The minimum Gasteiger partial charge on any atom is -0.497 e. The Bertz CT molecular complexity index is 1340. The standard InChI is InChI=1S/C30H30N2O4/c1-35-23-6-3-5-20(17-23)18-32-19-29(13-14-29)25-8-4-7-24(26(25)32)27(33)31-30(15-16-30)22-11-9-21(10-12-22)28(34)36-2/h3-12,17H,13-16,18-19H2,1-2H3,(H,31,33). The van der Waals surface area contributed by atoms with Gasteiger partial charge in [-0.2, -0.15) is 0 Å². The third-order valence-electron chi connectivity index (χ3n) is 7.98. The summed E-state index contributed by atoms with van der Waals surface area (Å²) in [5, 5.41) is 3.34. The number of ether oxygens (including phenoxy) is 2. The summed E-state index contributed by atoms with van der Waals surface area (Å²) in [5.74, 6) is 0.433. The molecule has 36 heavy (non-hydrogen) atoms. The predicted octanol–water partition coefficient (Wildman–Crippen LogP) is 4.95.